The average Bonchev–Trinajstić information content (AvgIpc) is 3.15. The molecule has 9 heteroatoms. The molecule has 2 aliphatic carbocycles. The van der Waals surface area contributed by atoms with Gasteiger partial charge in [0.1, 0.15) is 18.8 Å². The van der Waals surface area contributed by atoms with Crippen molar-refractivity contribution in [1.29, 1.82) is 0 Å². The molecule has 2 heterocycles. The maximum atomic E-state index is 12.6. The smallest absolute Gasteiger partial charge is 0.408 e. The molecule has 0 aromatic heterocycles. The number of allylic oxidation sites excluding steroid dienone is 2. The Morgan fingerprint density at radius 3 is 2.56 bits per heavy atom. The topological polar surface area (TPSA) is 109 Å². The normalized spacial score (nSPS) is 36.9. The molecule has 0 bridgehead atoms. The van der Waals surface area contributed by atoms with Gasteiger partial charge in [-0.25, -0.2) is 9.59 Å². The molecule has 4 rings (SSSR count). The fraction of sp³-hybridized carbons (Fsp3) is 0.767. The summed E-state index contributed by atoms with van der Waals surface area (Å²) in [5.74, 6) is -1.18. The van der Waals surface area contributed by atoms with Crippen LogP contribution in [0, 0.1) is 22.7 Å². The molecular formula is C30H45NO8. The first-order valence-electron chi connectivity index (χ1n) is 14.1. The van der Waals surface area contributed by atoms with Gasteiger partial charge in [0.15, 0.2) is 11.9 Å². The summed E-state index contributed by atoms with van der Waals surface area (Å²) in [6, 6.07) is 0. The van der Waals surface area contributed by atoms with E-state index >= 15 is 0 Å². The molecule has 2 saturated heterocycles. The van der Waals surface area contributed by atoms with Crippen molar-refractivity contribution in [3.05, 3.63) is 23.8 Å². The fourth-order valence-corrected chi connectivity index (χ4v) is 7.17. The van der Waals surface area contributed by atoms with E-state index < -0.39 is 35.5 Å². The number of hydrogen-bond acceptors (Lipinski definition) is 8. The average molecular weight is 548 g/mol. The molecule has 39 heavy (non-hydrogen) atoms. The minimum atomic E-state index is -0.818. The molecule has 0 spiro atoms. The van der Waals surface area contributed by atoms with Crippen LogP contribution < -0.4 is 5.32 Å². The molecular weight excluding hydrogens is 502 g/mol. The lowest BCUT2D eigenvalue weighted by Gasteiger charge is -2.63. The van der Waals surface area contributed by atoms with Gasteiger partial charge in [-0.3, -0.25) is 4.79 Å². The second-order valence-electron chi connectivity index (χ2n) is 13.5. The molecule has 9 nitrogen and oxygen atoms in total. The molecule has 2 aliphatic heterocycles. The van der Waals surface area contributed by atoms with Gasteiger partial charge in [0.25, 0.3) is 0 Å². The number of carbonyl (C=O) groups excluding carboxylic acids is 3. The second kappa shape index (κ2) is 10.5. The second-order valence-corrected chi connectivity index (χ2v) is 13.5. The predicted octanol–water partition coefficient (Wildman–Crippen LogP) is 4.84. The highest BCUT2D eigenvalue weighted by atomic mass is 16.7. The van der Waals surface area contributed by atoms with E-state index in [1.165, 1.54) is 5.57 Å². The Hall–Kier alpha value is -2.39. The van der Waals surface area contributed by atoms with Gasteiger partial charge >= 0.3 is 18.0 Å². The predicted molar refractivity (Wildman–Crippen MR) is 143 cm³/mol. The summed E-state index contributed by atoms with van der Waals surface area (Å²) in [7, 11) is 0. The molecule has 0 aromatic carbocycles. The van der Waals surface area contributed by atoms with Gasteiger partial charge in [-0.1, -0.05) is 32.1 Å². The van der Waals surface area contributed by atoms with Gasteiger partial charge in [0, 0.05) is 5.41 Å². The van der Waals surface area contributed by atoms with Crippen LogP contribution >= 0.6 is 0 Å². The number of hydrogen-bond donors (Lipinski definition) is 1. The molecule has 4 aliphatic rings. The van der Waals surface area contributed by atoms with Gasteiger partial charge in [-0.15, -0.1) is 0 Å². The lowest BCUT2D eigenvalue weighted by molar-refractivity contribution is -0.344. The van der Waals surface area contributed by atoms with Crippen LogP contribution in [0.1, 0.15) is 80.6 Å². The van der Waals surface area contributed by atoms with Crippen molar-refractivity contribution in [2.45, 2.75) is 104 Å². The third-order valence-electron chi connectivity index (χ3n) is 9.04. The van der Waals surface area contributed by atoms with E-state index in [9.17, 15) is 14.4 Å². The maximum Gasteiger partial charge on any atom is 0.408 e. The van der Waals surface area contributed by atoms with Crippen LogP contribution in [-0.2, 0) is 33.3 Å². The van der Waals surface area contributed by atoms with Crippen molar-refractivity contribution < 1.29 is 38.1 Å². The Kier molecular flexibility index (Phi) is 8.00. The summed E-state index contributed by atoms with van der Waals surface area (Å²) in [4.78, 5) is 36.8. The Bertz CT molecular complexity index is 1040. The number of nitrogens with one attached hydrogen (secondary N) is 1. The quantitative estimate of drug-likeness (QED) is 0.225. The van der Waals surface area contributed by atoms with E-state index in [0.29, 0.717) is 24.5 Å². The highest BCUT2D eigenvalue weighted by Crippen LogP contribution is 2.63. The number of alkyl carbamates (subject to hydrolysis) is 1. The third-order valence-corrected chi connectivity index (χ3v) is 9.04. The molecule has 6 atom stereocenters. The highest BCUT2D eigenvalue weighted by Gasteiger charge is 2.60. The zero-order chi connectivity index (χ0) is 28.8. The SMILES string of the molecule is C=C1CCC2[C@]3(C)COC(C)(C)O[C@@H]3CC[C@@]2(C)[C@@H]1C/C=C1\C(=O)OCC1OC(=O)CNC(=O)OC(C)(C)C. The van der Waals surface area contributed by atoms with Crippen LogP contribution in [0.2, 0.25) is 0 Å². The fourth-order valence-electron chi connectivity index (χ4n) is 7.17. The number of amides is 1. The molecule has 1 N–H and O–H groups in total. The van der Waals surface area contributed by atoms with Crippen LogP contribution in [0.5, 0.6) is 0 Å². The minimum absolute atomic E-state index is 0.0299. The summed E-state index contributed by atoms with van der Waals surface area (Å²) in [6.45, 7) is 18.5. The Balaban J connectivity index is 1.44. The van der Waals surface area contributed by atoms with E-state index in [0.717, 1.165) is 25.7 Å². The van der Waals surface area contributed by atoms with E-state index in [4.69, 9.17) is 23.7 Å². The monoisotopic (exact) mass is 547 g/mol. The summed E-state index contributed by atoms with van der Waals surface area (Å²) < 4.78 is 28.4. The van der Waals surface area contributed by atoms with Crippen LogP contribution in [0.3, 0.4) is 0 Å². The standard InChI is InChI=1S/C30H45NO8/c1-18-9-12-22-29(7,14-13-23-30(22,8)17-36-28(5,6)38-23)20(18)11-10-19-21(16-35-25(19)33)37-24(32)15-31-26(34)39-27(2,3)4/h10,20-23H,1,9,11-17H2,2-8H3,(H,31,34)/b19-10-/t20-,21?,22?,23-,29+,30+/m1/s1. The van der Waals surface area contributed by atoms with Gasteiger partial charge < -0.3 is 29.0 Å². The van der Waals surface area contributed by atoms with E-state index in [2.05, 4.69) is 25.7 Å². The largest absolute Gasteiger partial charge is 0.458 e. The first kappa shape index (κ1) is 29.6. The van der Waals surface area contributed by atoms with Gasteiger partial charge in [0.2, 0.25) is 0 Å². The maximum absolute atomic E-state index is 12.6. The lowest BCUT2D eigenvalue weighted by atomic mass is 9.46. The van der Waals surface area contributed by atoms with Crippen molar-refractivity contribution in [2.24, 2.45) is 22.7 Å². The number of esters is 2. The molecule has 0 aromatic rings. The molecule has 4 fully saturated rings. The van der Waals surface area contributed by atoms with Crippen molar-refractivity contribution in [3.63, 3.8) is 0 Å². The zero-order valence-electron chi connectivity index (χ0n) is 24.5. The first-order chi connectivity index (χ1) is 18.0. The van der Waals surface area contributed by atoms with Crippen LogP contribution in [0.25, 0.3) is 0 Å². The number of ether oxygens (including phenoxy) is 5. The van der Waals surface area contributed by atoms with Crippen molar-refractivity contribution in [2.75, 3.05) is 19.8 Å². The Morgan fingerprint density at radius 2 is 1.87 bits per heavy atom. The van der Waals surface area contributed by atoms with Gasteiger partial charge in [-0.2, -0.15) is 0 Å². The third kappa shape index (κ3) is 6.19. The minimum Gasteiger partial charge on any atom is -0.458 e. The van der Waals surface area contributed by atoms with Crippen molar-refractivity contribution >= 4 is 18.0 Å². The molecule has 2 saturated carbocycles. The van der Waals surface area contributed by atoms with E-state index in [1.54, 1.807) is 20.8 Å². The van der Waals surface area contributed by atoms with Gasteiger partial charge in [0.05, 0.1) is 18.3 Å². The van der Waals surface area contributed by atoms with E-state index in [-0.39, 0.29) is 36.0 Å². The Labute approximate surface area is 232 Å². The number of carbonyl (C=O) groups is 3. The van der Waals surface area contributed by atoms with E-state index in [1.807, 2.05) is 19.9 Å². The van der Waals surface area contributed by atoms with Crippen molar-refractivity contribution in [1.82, 2.24) is 5.32 Å². The van der Waals surface area contributed by atoms with Crippen LogP contribution in [0.4, 0.5) is 4.79 Å². The molecule has 218 valence electrons. The summed E-state index contributed by atoms with van der Waals surface area (Å²) in [6.07, 6.45) is 4.98. The summed E-state index contributed by atoms with van der Waals surface area (Å²) >= 11 is 0. The van der Waals surface area contributed by atoms with Crippen LogP contribution in [0.15, 0.2) is 23.8 Å². The first-order valence-corrected chi connectivity index (χ1v) is 14.1. The highest BCUT2D eigenvalue weighted by molar-refractivity contribution is 5.92. The summed E-state index contributed by atoms with van der Waals surface area (Å²) in [5.41, 5.74) is 0.716. The number of rotatable bonds is 5. The van der Waals surface area contributed by atoms with Crippen LogP contribution in [-0.4, -0.2) is 61.4 Å². The molecule has 0 radical (unpaired) electrons. The Morgan fingerprint density at radius 1 is 1.15 bits per heavy atom. The summed E-state index contributed by atoms with van der Waals surface area (Å²) in [5, 5.41) is 2.38. The number of cyclic esters (lactones) is 1. The van der Waals surface area contributed by atoms with Gasteiger partial charge in [-0.05, 0) is 84.0 Å². The number of fused-ring (bicyclic) bond motifs is 3. The lowest BCUT2D eigenvalue weighted by Crippen LogP contribution is -2.62. The van der Waals surface area contributed by atoms with Crippen molar-refractivity contribution in [3.8, 4) is 0 Å². The zero-order valence-corrected chi connectivity index (χ0v) is 24.5. The molecule has 1 amide bonds. The molecule has 2 unspecified atom stereocenters.